The number of thiazole rings is 1. The Bertz CT molecular complexity index is 1780. The minimum absolute atomic E-state index is 0.174. The van der Waals surface area contributed by atoms with Gasteiger partial charge in [-0.05, 0) is 98.2 Å². The minimum atomic E-state index is -0.601. The summed E-state index contributed by atoms with van der Waals surface area (Å²) in [6.07, 6.45) is 1.94. The number of carbonyl (C=O) groups excluding carboxylic acids is 1. The fraction of sp³-hybridized carbons (Fsp3) is 0.233. The topological polar surface area (TPSA) is 65.6 Å². The molecule has 1 aliphatic heterocycles. The van der Waals surface area contributed by atoms with E-state index in [0.717, 1.165) is 28.2 Å². The molecule has 38 heavy (non-hydrogen) atoms. The van der Waals surface area contributed by atoms with E-state index in [1.165, 1.54) is 20.5 Å². The molecule has 0 aliphatic carbocycles. The minimum Gasteiger partial charge on any atom is -0.463 e. The van der Waals surface area contributed by atoms with Gasteiger partial charge in [-0.3, -0.25) is 9.36 Å². The second-order valence-corrected chi connectivity index (χ2v) is 11.5. The molecule has 4 aromatic rings. The van der Waals surface area contributed by atoms with E-state index < -0.39 is 12.0 Å². The van der Waals surface area contributed by atoms with Crippen molar-refractivity contribution < 1.29 is 9.53 Å². The average molecular weight is 638 g/mol. The van der Waals surface area contributed by atoms with Crippen molar-refractivity contribution in [1.29, 1.82) is 0 Å². The highest BCUT2D eigenvalue weighted by atomic mass is 127. The van der Waals surface area contributed by atoms with Crippen molar-refractivity contribution in [2.45, 2.75) is 40.7 Å². The lowest BCUT2D eigenvalue weighted by atomic mass is 9.96. The van der Waals surface area contributed by atoms with Gasteiger partial charge in [0.1, 0.15) is 0 Å². The van der Waals surface area contributed by atoms with Crippen LogP contribution in [-0.2, 0) is 9.53 Å². The van der Waals surface area contributed by atoms with Gasteiger partial charge < -0.3 is 9.30 Å². The van der Waals surface area contributed by atoms with E-state index >= 15 is 0 Å². The molecule has 0 fully saturated rings. The first kappa shape index (κ1) is 26.4. The van der Waals surface area contributed by atoms with Crippen molar-refractivity contribution in [3.8, 4) is 5.69 Å². The Morgan fingerprint density at radius 3 is 2.53 bits per heavy atom. The van der Waals surface area contributed by atoms with Crippen molar-refractivity contribution in [2.24, 2.45) is 4.99 Å². The highest BCUT2D eigenvalue weighted by molar-refractivity contribution is 14.1. The van der Waals surface area contributed by atoms with Gasteiger partial charge in [0.15, 0.2) is 4.80 Å². The van der Waals surface area contributed by atoms with Crippen molar-refractivity contribution in [2.75, 3.05) is 6.61 Å². The summed E-state index contributed by atoms with van der Waals surface area (Å²) in [4.78, 5) is 32.1. The molecule has 1 aliphatic rings. The van der Waals surface area contributed by atoms with Crippen LogP contribution in [0.4, 0.5) is 0 Å². The Morgan fingerprint density at radius 2 is 1.84 bits per heavy atom. The van der Waals surface area contributed by atoms with E-state index in [4.69, 9.17) is 4.74 Å². The predicted molar refractivity (Wildman–Crippen MR) is 160 cm³/mol. The van der Waals surface area contributed by atoms with Gasteiger partial charge in [-0.2, -0.15) is 0 Å². The van der Waals surface area contributed by atoms with Gasteiger partial charge in [-0.15, -0.1) is 0 Å². The lowest BCUT2D eigenvalue weighted by molar-refractivity contribution is -0.139. The zero-order valence-electron chi connectivity index (χ0n) is 21.9. The molecule has 0 unspecified atom stereocenters. The molecular weight excluding hydrogens is 609 g/mol. The second kappa shape index (κ2) is 10.5. The number of ether oxygens (including phenoxy) is 1. The number of nitrogens with zero attached hydrogens (tertiary/aromatic N) is 3. The van der Waals surface area contributed by atoms with Gasteiger partial charge in [0.25, 0.3) is 5.56 Å². The number of fused-ring (bicyclic) bond motifs is 1. The highest BCUT2D eigenvalue weighted by Gasteiger charge is 2.33. The number of allylic oxidation sites excluding steroid dienone is 1. The molecule has 0 spiro atoms. The Morgan fingerprint density at radius 1 is 1.11 bits per heavy atom. The number of esters is 1. The predicted octanol–water partition coefficient (Wildman–Crippen LogP) is 5.12. The number of hydrogen-bond acceptors (Lipinski definition) is 5. The SMILES string of the molecule is CCOC(=O)C1=C(C)N=c2s/c(=C/c3cc(C)n(-c4ccc(C)c(I)c4)c3C)c(=O)n2[C@H]1c1ccccc1. The van der Waals surface area contributed by atoms with Gasteiger partial charge in [-0.1, -0.05) is 47.7 Å². The van der Waals surface area contributed by atoms with Crippen LogP contribution in [0, 0.1) is 24.3 Å². The first-order chi connectivity index (χ1) is 18.2. The van der Waals surface area contributed by atoms with Crippen LogP contribution < -0.4 is 14.9 Å². The summed E-state index contributed by atoms with van der Waals surface area (Å²) in [5.74, 6) is -0.451. The third-order valence-corrected chi connectivity index (χ3v) is 8.95. The van der Waals surface area contributed by atoms with Crippen LogP contribution >= 0.6 is 33.9 Å². The van der Waals surface area contributed by atoms with Crippen LogP contribution in [-0.4, -0.2) is 21.7 Å². The van der Waals surface area contributed by atoms with E-state index in [0.29, 0.717) is 20.6 Å². The van der Waals surface area contributed by atoms with Gasteiger partial charge in [0.2, 0.25) is 0 Å². The van der Waals surface area contributed by atoms with Crippen molar-refractivity contribution in [3.63, 3.8) is 0 Å². The Hall–Kier alpha value is -3.24. The number of benzene rings is 2. The number of rotatable bonds is 5. The summed E-state index contributed by atoms with van der Waals surface area (Å²) < 4.78 is 11.0. The smallest absolute Gasteiger partial charge is 0.338 e. The summed E-state index contributed by atoms with van der Waals surface area (Å²) >= 11 is 3.70. The summed E-state index contributed by atoms with van der Waals surface area (Å²) in [7, 11) is 0. The van der Waals surface area contributed by atoms with Crippen LogP contribution in [0.2, 0.25) is 0 Å². The summed E-state index contributed by atoms with van der Waals surface area (Å²) in [5, 5.41) is 0. The zero-order chi connectivity index (χ0) is 27.1. The fourth-order valence-electron chi connectivity index (χ4n) is 4.94. The van der Waals surface area contributed by atoms with Crippen LogP contribution in [0.1, 0.15) is 48.0 Å². The van der Waals surface area contributed by atoms with Crippen molar-refractivity contribution in [1.82, 2.24) is 9.13 Å². The van der Waals surface area contributed by atoms with E-state index in [-0.39, 0.29) is 12.2 Å². The first-order valence-corrected chi connectivity index (χ1v) is 14.3. The van der Waals surface area contributed by atoms with E-state index in [2.05, 4.69) is 77.2 Å². The summed E-state index contributed by atoms with van der Waals surface area (Å²) in [5.41, 5.74) is 7.07. The Balaban J connectivity index is 1.68. The summed E-state index contributed by atoms with van der Waals surface area (Å²) in [6, 6.07) is 17.5. The molecule has 0 radical (unpaired) electrons. The number of carbonyl (C=O) groups is 1. The number of aryl methyl sites for hydroxylation is 2. The third-order valence-electron chi connectivity index (χ3n) is 6.80. The van der Waals surface area contributed by atoms with Crippen LogP contribution in [0.25, 0.3) is 11.8 Å². The van der Waals surface area contributed by atoms with Gasteiger partial charge in [-0.25, -0.2) is 9.79 Å². The molecule has 1 atom stereocenters. The van der Waals surface area contributed by atoms with Gasteiger partial charge in [0, 0.05) is 20.6 Å². The van der Waals surface area contributed by atoms with Crippen LogP contribution in [0.15, 0.2) is 75.7 Å². The summed E-state index contributed by atoms with van der Waals surface area (Å²) in [6.45, 7) is 10.1. The highest BCUT2D eigenvalue weighted by Crippen LogP contribution is 2.30. The molecular formula is C30H28IN3O3S. The Labute approximate surface area is 238 Å². The largest absolute Gasteiger partial charge is 0.463 e. The van der Waals surface area contributed by atoms with Crippen molar-refractivity contribution >= 4 is 46.0 Å². The normalized spacial score (nSPS) is 15.4. The lowest BCUT2D eigenvalue weighted by Gasteiger charge is -2.24. The third kappa shape index (κ3) is 4.60. The van der Waals surface area contributed by atoms with Crippen molar-refractivity contribution in [3.05, 3.63) is 117 Å². The lowest BCUT2D eigenvalue weighted by Crippen LogP contribution is -2.39. The second-order valence-electron chi connectivity index (χ2n) is 9.31. The van der Waals surface area contributed by atoms with Crippen LogP contribution in [0.5, 0.6) is 0 Å². The maximum Gasteiger partial charge on any atom is 0.338 e. The number of halogens is 1. The molecule has 8 heteroatoms. The molecule has 0 amide bonds. The standard InChI is InChI=1S/C30H28IN3O3S/c1-6-37-29(36)26-19(4)32-30-34(27(26)21-10-8-7-9-11-21)28(35)25(38-30)15-22-14-18(3)33(20(22)5)23-13-12-17(2)24(31)16-23/h7-16,27H,6H2,1-5H3/b25-15+/t27-/m0/s1. The van der Waals surface area contributed by atoms with E-state index in [1.54, 1.807) is 18.4 Å². The molecule has 0 bridgehead atoms. The number of hydrogen-bond donors (Lipinski definition) is 0. The molecule has 6 nitrogen and oxygen atoms in total. The quantitative estimate of drug-likeness (QED) is 0.226. The molecule has 194 valence electrons. The Kier molecular flexibility index (Phi) is 7.28. The molecule has 2 aromatic carbocycles. The number of aromatic nitrogens is 2. The van der Waals surface area contributed by atoms with Crippen LogP contribution in [0.3, 0.4) is 0 Å². The molecule has 0 saturated carbocycles. The molecule has 0 saturated heterocycles. The molecule has 2 aromatic heterocycles. The monoisotopic (exact) mass is 637 g/mol. The molecule has 0 N–H and O–H groups in total. The maximum absolute atomic E-state index is 13.9. The van der Waals surface area contributed by atoms with E-state index in [1.807, 2.05) is 36.4 Å². The fourth-order valence-corrected chi connectivity index (χ4v) is 6.47. The van der Waals surface area contributed by atoms with Gasteiger partial charge in [0.05, 0.1) is 28.5 Å². The van der Waals surface area contributed by atoms with Gasteiger partial charge >= 0.3 is 5.97 Å². The average Bonchev–Trinajstić information content (AvgIpc) is 3.34. The zero-order valence-corrected chi connectivity index (χ0v) is 24.9. The molecule has 5 rings (SSSR count). The maximum atomic E-state index is 13.9. The van der Waals surface area contributed by atoms with E-state index in [9.17, 15) is 9.59 Å². The first-order valence-electron chi connectivity index (χ1n) is 12.4. The molecule has 3 heterocycles.